The van der Waals surface area contributed by atoms with Crippen LogP contribution >= 0.6 is 0 Å². The van der Waals surface area contributed by atoms with E-state index < -0.39 is 0 Å². The van der Waals surface area contributed by atoms with Crippen molar-refractivity contribution >= 4 is 0 Å². The van der Waals surface area contributed by atoms with Crippen LogP contribution in [0.1, 0.15) is 34.0 Å². The molecule has 0 aromatic rings. The van der Waals surface area contributed by atoms with Gasteiger partial charge in [0.25, 0.3) is 0 Å². The minimum absolute atomic E-state index is 0.0197. The number of rotatable bonds is 0. The lowest BCUT2D eigenvalue weighted by Crippen LogP contribution is -2.21. The Balaban J connectivity index is 2.41. The van der Waals surface area contributed by atoms with E-state index in [0.717, 1.165) is 19.3 Å². The summed E-state index contributed by atoms with van der Waals surface area (Å²) in [5.74, 6) is 0.193. The lowest BCUT2D eigenvalue weighted by Gasteiger charge is -2.23. The van der Waals surface area contributed by atoms with E-state index in [1.165, 1.54) is 0 Å². The minimum atomic E-state index is -0.207. The maximum absolute atomic E-state index is 9.23. The quantitative estimate of drug-likeness (QED) is 0.508. The highest BCUT2D eigenvalue weighted by Crippen LogP contribution is 2.22. The van der Waals surface area contributed by atoms with Crippen LogP contribution in [0.25, 0.3) is 0 Å². The molecule has 0 unspecified atom stereocenters. The summed E-state index contributed by atoms with van der Waals surface area (Å²) in [6.07, 6.45) is 2.67. The van der Waals surface area contributed by atoms with Crippen LogP contribution in [-0.2, 0) is 0 Å². The Labute approximate surface area is 52.1 Å². The van der Waals surface area contributed by atoms with E-state index in [4.69, 9.17) is 1.37 Å². The molecule has 0 amide bonds. The van der Waals surface area contributed by atoms with E-state index in [1.54, 1.807) is 0 Å². The molecule has 0 bridgehead atoms. The zero-order valence-corrected chi connectivity index (χ0v) is 5.30. The van der Waals surface area contributed by atoms with E-state index in [1.807, 2.05) is 6.92 Å². The molecule has 0 saturated heterocycles. The molecular weight excluding hydrogens is 100 g/mol. The van der Waals surface area contributed by atoms with Crippen molar-refractivity contribution in [1.82, 2.24) is 0 Å². The van der Waals surface area contributed by atoms with Gasteiger partial charge in [-0.25, -0.2) is 0 Å². The van der Waals surface area contributed by atoms with Crippen LogP contribution in [0.4, 0.5) is 0 Å². The molecule has 1 rings (SSSR count). The fraction of sp³-hybridized carbons (Fsp3) is 1.00. The standard InChI is InChI=1S/C7H14O/c1-6-4-2-3-5-7(6)8/h6-8H,2-5H2,1H3/t6-,7+/m1/s1/i4D/t4-,6+,7-/m0. The van der Waals surface area contributed by atoms with Crippen LogP contribution in [-0.4, -0.2) is 11.2 Å². The molecule has 0 spiro atoms. The molecule has 1 aliphatic carbocycles. The van der Waals surface area contributed by atoms with Gasteiger partial charge in [0.2, 0.25) is 0 Å². The fourth-order valence-corrected chi connectivity index (χ4v) is 1.13. The molecule has 0 aromatic carbocycles. The summed E-state index contributed by atoms with van der Waals surface area (Å²) < 4.78 is 7.45. The molecule has 0 radical (unpaired) electrons. The molecule has 1 heteroatoms. The summed E-state index contributed by atoms with van der Waals surface area (Å²) in [5, 5.41) is 9.23. The summed E-state index contributed by atoms with van der Waals surface area (Å²) in [7, 11) is 0. The van der Waals surface area contributed by atoms with Gasteiger partial charge in [0.1, 0.15) is 0 Å². The first-order valence-corrected chi connectivity index (χ1v) is 3.32. The fourth-order valence-electron chi connectivity index (χ4n) is 1.13. The van der Waals surface area contributed by atoms with Crippen molar-refractivity contribution in [3.05, 3.63) is 0 Å². The Morgan fingerprint density at radius 3 is 2.88 bits per heavy atom. The second-order valence-electron chi connectivity index (χ2n) is 2.59. The lowest BCUT2D eigenvalue weighted by atomic mass is 9.88. The number of hydrogen-bond acceptors (Lipinski definition) is 1. The third-order valence-corrected chi connectivity index (χ3v) is 1.85. The minimum Gasteiger partial charge on any atom is -0.393 e. The van der Waals surface area contributed by atoms with Crippen molar-refractivity contribution in [2.24, 2.45) is 5.92 Å². The predicted molar refractivity (Wildman–Crippen MR) is 33.6 cm³/mol. The first kappa shape index (κ1) is 4.80. The topological polar surface area (TPSA) is 20.2 Å². The van der Waals surface area contributed by atoms with Gasteiger partial charge in [-0.3, -0.25) is 0 Å². The largest absolute Gasteiger partial charge is 0.393 e. The molecule has 0 heterocycles. The second-order valence-corrected chi connectivity index (χ2v) is 2.59. The summed E-state index contributed by atoms with van der Waals surface area (Å²) >= 11 is 0. The molecule has 1 nitrogen and oxygen atoms in total. The van der Waals surface area contributed by atoms with Crippen LogP contribution in [0.5, 0.6) is 0 Å². The Kier molecular flexibility index (Phi) is 1.50. The van der Waals surface area contributed by atoms with E-state index in [2.05, 4.69) is 0 Å². The van der Waals surface area contributed by atoms with Crippen LogP contribution < -0.4 is 0 Å². The van der Waals surface area contributed by atoms with Gasteiger partial charge in [-0.05, 0) is 18.7 Å². The van der Waals surface area contributed by atoms with Gasteiger partial charge in [0.05, 0.1) is 6.10 Å². The van der Waals surface area contributed by atoms with E-state index >= 15 is 0 Å². The first-order chi connectivity index (χ1) is 4.22. The maximum Gasteiger partial charge on any atom is 0.0565 e. The van der Waals surface area contributed by atoms with Gasteiger partial charge in [-0.1, -0.05) is 19.8 Å². The average Bonchev–Trinajstić information content (AvgIpc) is 1.83. The average molecular weight is 115 g/mol. The Bertz CT molecular complexity index is 84.9. The molecular formula is C7H14O. The van der Waals surface area contributed by atoms with Crippen molar-refractivity contribution < 1.29 is 6.48 Å². The predicted octanol–water partition coefficient (Wildman–Crippen LogP) is 1.56. The SMILES string of the molecule is [2H][C@H]1CCC[C@H](O)[C@@H]1C. The van der Waals surface area contributed by atoms with Gasteiger partial charge >= 0.3 is 0 Å². The van der Waals surface area contributed by atoms with Crippen LogP contribution in [0, 0.1) is 5.92 Å². The van der Waals surface area contributed by atoms with Gasteiger partial charge in [0.15, 0.2) is 0 Å². The summed E-state index contributed by atoms with van der Waals surface area (Å²) in [6, 6.07) is 0. The van der Waals surface area contributed by atoms with Crippen molar-refractivity contribution in [3.63, 3.8) is 0 Å². The zero-order valence-electron chi connectivity index (χ0n) is 6.30. The zero-order chi connectivity index (χ0) is 6.85. The highest BCUT2D eigenvalue weighted by molar-refractivity contribution is 4.69. The molecule has 1 saturated carbocycles. The third-order valence-electron chi connectivity index (χ3n) is 1.85. The highest BCUT2D eigenvalue weighted by Gasteiger charge is 2.17. The Hall–Kier alpha value is -0.0400. The smallest absolute Gasteiger partial charge is 0.0565 e. The van der Waals surface area contributed by atoms with Crippen molar-refractivity contribution in [1.29, 1.82) is 0 Å². The first-order valence-electron chi connectivity index (χ1n) is 3.90. The van der Waals surface area contributed by atoms with Crippen LogP contribution in [0.2, 0.25) is 0 Å². The van der Waals surface area contributed by atoms with E-state index in [0.29, 0.717) is 0 Å². The molecule has 0 aromatic heterocycles. The number of aliphatic hydroxyl groups is 1. The van der Waals surface area contributed by atoms with E-state index in [9.17, 15) is 5.11 Å². The molecule has 8 heavy (non-hydrogen) atoms. The third kappa shape index (κ3) is 1.22. The molecule has 1 aliphatic rings. The molecule has 1 fully saturated rings. The summed E-state index contributed by atoms with van der Waals surface area (Å²) in [6.45, 7) is 1.96. The van der Waals surface area contributed by atoms with E-state index in [-0.39, 0.29) is 18.4 Å². The molecule has 1 N–H and O–H groups in total. The monoisotopic (exact) mass is 115 g/mol. The lowest BCUT2D eigenvalue weighted by molar-refractivity contribution is 0.0793. The summed E-state index contributed by atoms with van der Waals surface area (Å²) in [5.41, 5.74) is 0. The number of hydrogen-bond donors (Lipinski definition) is 1. The second kappa shape index (κ2) is 2.49. The van der Waals surface area contributed by atoms with Crippen molar-refractivity contribution in [3.8, 4) is 0 Å². The van der Waals surface area contributed by atoms with Gasteiger partial charge in [0, 0.05) is 1.37 Å². The number of aliphatic hydroxyl groups excluding tert-OH is 1. The Morgan fingerprint density at radius 2 is 2.38 bits per heavy atom. The van der Waals surface area contributed by atoms with Gasteiger partial charge < -0.3 is 5.11 Å². The highest BCUT2D eigenvalue weighted by atomic mass is 16.3. The van der Waals surface area contributed by atoms with Gasteiger partial charge in [-0.15, -0.1) is 0 Å². The molecule has 0 aliphatic heterocycles. The van der Waals surface area contributed by atoms with Crippen molar-refractivity contribution in [2.45, 2.75) is 38.7 Å². The van der Waals surface area contributed by atoms with Crippen LogP contribution in [0.3, 0.4) is 0 Å². The van der Waals surface area contributed by atoms with Gasteiger partial charge in [-0.2, -0.15) is 0 Å². The normalized spacial score (nSPS) is 50.8. The Morgan fingerprint density at radius 1 is 1.62 bits per heavy atom. The summed E-state index contributed by atoms with van der Waals surface area (Å²) in [4.78, 5) is 0. The van der Waals surface area contributed by atoms with Crippen molar-refractivity contribution in [2.75, 3.05) is 0 Å². The molecule has 3 atom stereocenters. The molecule has 48 valence electrons. The van der Waals surface area contributed by atoms with Crippen LogP contribution in [0.15, 0.2) is 0 Å². The maximum atomic E-state index is 9.23.